The number of aryl methyl sites for hydroxylation is 1. The van der Waals surface area contributed by atoms with Gasteiger partial charge in [-0.2, -0.15) is 0 Å². The van der Waals surface area contributed by atoms with Crippen LogP contribution in [-0.2, 0) is 6.42 Å². The van der Waals surface area contributed by atoms with Gasteiger partial charge in [-0.05, 0) is 48.6 Å². The summed E-state index contributed by atoms with van der Waals surface area (Å²) in [6.45, 7) is 4.26. The molecule has 14 heavy (non-hydrogen) atoms. The number of aromatic hydroxyl groups is 1. The quantitative estimate of drug-likeness (QED) is 0.749. The Morgan fingerprint density at radius 2 is 2.29 bits per heavy atom. The van der Waals surface area contributed by atoms with Crippen LogP contribution in [0.5, 0.6) is 5.75 Å². The zero-order valence-corrected chi connectivity index (χ0v) is 8.59. The molecule has 1 aliphatic heterocycles. The van der Waals surface area contributed by atoms with Gasteiger partial charge < -0.3 is 10.4 Å². The molecule has 1 aromatic carbocycles. The molecular weight excluding hydrogens is 174 g/mol. The molecule has 0 aliphatic carbocycles. The number of phenols is 1. The molecule has 1 saturated heterocycles. The van der Waals surface area contributed by atoms with Gasteiger partial charge in [-0.25, -0.2) is 0 Å². The Bertz CT molecular complexity index is 316. The van der Waals surface area contributed by atoms with Gasteiger partial charge in [-0.1, -0.05) is 13.0 Å². The number of rotatable bonds is 2. The molecule has 2 N–H and O–H groups in total. The summed E-state index contributed by atoms with van der Waals surface area (Å²) in [6, 6.07) is 5.97. The van der Waals surface area contributed by atoms with Gasteiger partial charge in [0.25, 0.3) is 0 Å². The Kier molecular flexibility index (Phi) is 2.73. The highest BCUT2D eigenvalue weighted by Gasteiger charge is 2.17. The van der Waals surface area contributed by atoms with E-state index in [0.29, 0.717) is 11.7 Å². The Hall–Kier alpha value is -1.02. The summed E-state index contributed by atoms with van der Waals surface area (Å²) in [6.07, 6.45) is 2.17. The van der Waals surface area contributed by atoms with Gasteiger partial charge in [0.05, 0.1) is 0 Å². The first-order valence-corrected chi connectivity index (χ1v) is 5.33. The average molecular weight is 191 g/mol. The first kappa shape index (κ1) is 9.53. The van der Waals surface area contributed by atoms with Gasteiger partial charge in [0, 0.05) is 6.54 Å². The van der Waals surface area contributed by atoms with Crippen molar-refractivity contribution in [1.29, 1.82) is 0 Å². The van der Waals surface area contributed by atoms with Crippen LogP contribution in [0.1, 0.15) is 30.4 Å². The summed E-state index contributed by atoms with van der Waals surface area (Å²) in [7, 11) is 0. The summed E-state index contributed by atoms with van der Waals surface area (Å²) in [4.78, 5) is 0. The Balaban J connectivity index is 2.27. The lowest BCUT2D eigenvalue weighted by Gasteiger charge is -2.10. The van der Waals surface area contributed by atoms with Crippen LogP contribution in [0.3, 0.4) is 0 Å². The molecule has 1 heterocycles. The number of hydrogen-bond acceptors (Lipinski definition) is 2. The van der Waals surface area contributed by atoms with Gasteiger partial charge in [0.15, 0.2) is 0 Å². The van der Waals surface area contributed by atoms with E-state index < -0.39 is 0 Å². The number of phenolic OH excluding ortho intramolecular Hbond substituents is 1. The maximum Gasteiger partial charge on any atom is 0.116 e. The fraction of sp³-hybridized carbons (Fsp3) is 0.500. The van der Waals surface area contributed by atoms with E-state index in [-0.39, 0.29) is 0 Å². The summed E-state index contributed by atoms with van der Waals surface area (Å²) < 4.78 is 0. The summed E-state index contributed by atoms with van der Waals surface area (Å²) >= 11 is 0. The zero-order valence-electron chi connectivity index (χ0n) is 8.59. The Labute approximate surface area is 85.0 Å². The highest BCUT2D eigenvalue weighted by Crippen LogP contribution is 2.26. The molecule has 0 spiro atoms. The van der Waals surface area contributed by atoms with Crippen molar-refractivity contribution in [3.8, 4) is 5.75 Å². The lowest BCUT2D eigenvalue weighted by molar-refractivity contribution is 0.473. The highest BCUT2D eigenvalue weighted by molar-refractivity contribution is 5.36. The maximum absolute atomic E-state index is 9.56. The molecule has 0 saturated carbocycles. The molecule has 0 bridgehead atoms. The molecule has 0 radical (unpaired) electrons. The summed E-state index contributed by atoms with van der Waals surface area (Å²) in [5, 5.41) is 12.9. The number of hydrogen-bond donors (Lipinski definition) is 2. The molecule has 1 unspecified atom stereocenters. The Morgan fingerprint density at radius 3 is 2.93 bits per heavy atom. The smallest absolute Gasteiger partial charge is 0.116 e. The van der Waals surface area contributed by atoms with Crippen molar-refractivity contribution in [2.24, 2.45) is 0 Å². The first-order valence-electron chi connectivity index (χ1n) is 5.33. The second-order valence-electron chi connectivity index (χ2n) is 3.98. The second kappa shape index (κ2) is 4.01. The standard InChI is InChI=1S/C12H17NO/c1-2-9-5-11(7-12(14)6-9)10-3-4-13-8-10/h5-7,10,13-14H,2-4,8H2,1H3. The van der Waals surface area contributed by atoms with Gasteiger partial charge in [0.1, 0.15) is 5.75 Å². The fourth-order valence-electron chi connectivity index (χ4n) is 2.08. The van der Waals surface area contributed by atoms with Gasteiger partial charge in [-0.3, -0.25) is 0 Å². The van der Waals surface area contributed by atoms with Crippen LogP contribution in [0.25, 0.3) is 0 Å². The minimum absolute atomic E-state index is 0.409. The van der Waals surface area contributed by atoms with Crippen molar-refractivity contribution in [2.45, 2.75) is 25.7 Å². The number of nitrogens with one attached hydrogen (secondary N) is 1. The molecule has 0 amide bonds. The van der Waals surface area contributed by atoms with E-state index in [2.05, 4.69) is 18.3 Å². The van der Waals surface area contributed by atoms with Crippen LogP contribution in [0.2, 0.25) is 0 Å². The lowest BCUT2D eigenvalue weighted by atomic mass is 9.95. The molecule has 1 aliphatic rings. The molecule has 2 rings (SSSR count). The van der Waals surface area contributed by atoms with Crippen molar-refractivity contribution in [3.05, 3.63) is 29.3 Å². The average Bonchev–Trinajstić information content (AvgIpc) is 2.69. The van der Waals surface area contributed by atoms with Crippen LogP contribution >= 0.6 is 0 Å². The van der Waals surface area contributed by atoms with Gasteiger partial charge in [0.2, 0.25) is 0 Å². The van der Waals surface area contributed by atoms with Crippen LogP contribution in [0.4, 0.5) is 0 Å². The molecule has 1 aromatic rings. The lowest BCUT2D eigenvalue weighted by Crippen LogP contribution is -2.08. The largest absolute Gasteiger partial charge is 0.508 e. The van der Waals surface area contributed by atoms with E-state index in [1.807, 2.05) is 12.1 Å². The van der Waals surface area contributed by atoms with E-state index in [4.69, 9.17) is 0 Å². The van der Waals surface area contributed by atoms with E-state index in [1.54, 1.807) is 0 Å². The topological polar surface area (TPSA) is 32.3 Å². The van der Waals surface area contributed by atoms with Crippen molar-refractivity contribution in [3.63, 3.8) is 0 Å². The van der Waals surface area contributed by atoms with Crippen LogP contribution in [0, 0.1) is 0 Å². The van der Waals surface area contributed by atoms with E-state index in [0.717, 1.165) is 19.5 Å². The van der Waals surface area contributed by atoms with Crippen LogP contribution in [-0.4, -0.2) is 18.2 Å². The molecule has 2 nitrogen and oxygen atoms in total. The van der Waals surface area contributed by atoms with Crippen LogP contribution < -0.4 is 5.32 Å². The van der Waals surface area contributed by atoms with Gasteiger partial charge >= 0.3 is 0 Å². The third kappa shape index (κ3) is 1.90. The predicted molar refractivity (Wildman–Crippen MR) is 57.7 cm³/mol. The van der Waals surface area contributed by atoms with Gasteiger partial charge in [-0.15, -0.1) is 0 Å². The van der Waals surface area contributed by atoms with Crippen molar-refractivity contribution < 1.29 is 5.11 Å². The Morgan fingerprint density at radius 1 is 1.43 bits per heavy atom. The second-order valence-corrected chi connectivity index (χ2v) is 3.98. The number of benzene rings is 1. The monoisotopic (exact) mass is 191 g/mol. The van der Waals surface area contributed by atoms with Crippen molar-refractivity contribution in [1.82, 2.24) is 5.32 Å². The summed E-state index contributed by atoms with van der Waals surface area (Å²) in [5.41, 5.74) is 2.51. The molecule has 76 valence electrons. The maximum atomic E-state index is 9.56. The van der Waals surface area contributed by atoms with E-state index >= 15 is 0 Å². The molecule has 1 fully saturated rings. The van der Waals surface area contributed by atoms with Crippen molar-refractivity contribution in [2.75, 3.05) is 13.1 Å². The molecule has 2 heteroatoms. The molecule has 0 aromatic heterocycles. The summed E-state index contributed by atoms with van der Waals surface area (Å²) in [5.74, 6) is 0.999. The van der Waals surface area contributed by atoms with E-state index in [1.165, 1.54) is 17.5 Å². The SMILES string of the molecule is CCc1cc(O)cc(C2CCNC2)c1. The fourth-order valence-corrected chi connectivity index (χ4v) is 2.08. The third-order valence-electron chi connectivity index (χ3n) is 2.94. The first-order chi connectivity index (χ1) is 6.79. The molecule has 1 atom stereocenters. The predicted octanol–water partition coefficient (Wildman–Crippen LogP) is 2.03. The third-order valence-corrected chi connectivity index (χ3v) is 2.94. The van der Waals surface area contributed by atoms with Crippen molar-refractivity contribution >= 4 is 0 Å². The minimum Gasteiger partial charge on any atom is -0.508 e. The molecular formula is C12H17NO. The highest BCUT2D eigenvalue weighted by atomic mass is 16.3. The zero-order chi connectivity index (χ0) is 9.97. The normalized spacial score (nSPS) is 21.4. The van der Waals surface area contributed by atoms with Crippen LogP contribution in [0.15, 0.2) is 18.2 Å². The van der Waals surface area contributed by atoms with E-state index in [9.17, 15) is 5.11 Å². The minimum atomic E-state index is 0.409.